The molecule has 13 heteroatoms. The molecule has 3 aromatic rings. The van der Waals surface area contributed by atoms with Crippen molar-refractivity contribution in [2.24, 2.45) is 0 Å². The molecule has 1 saturated heterocycles. The van der Waals surface area contributed by atoms with Crippen molar-refractivity contribution >= 4 is 43.1 Å². The van der Waals surface area contributed by atoms with E-state index in [9.17, 15) is 26.7 Å². The molecular formula is C24H30F3N5O3S2. The van der Waals surface area contributed by atoms with E-state index in [1.54, 1.807) is 24.3 Å². The Balaban J connectivity index is 1.33. The van der Waals surface area contributed by atoms with Gasteiger partial charge in [0.05, 0.1) is 17.6 Å². The van der Waals surface area contributed by atoms with Crippen molar-refractivity contribution in [1.29, 1.82) is 0 Å². The zero-order valence-electron chi connectivity index (χ0n) is 20.4. The second kappa shape index (κ2) is 11.5. The second-order valence-electron chi connectivity index (χ2n) is 9.10. The van der Waals surface area contributed by atoms with Crippen LogP contribution < -0.4 is 9.62 Å². The first kappa shape index (κ1) is 27.6. The second-order valence-corrected chi connectivity index (χ2v) is 12.1. The number of piperazine rings is 1. The topological polar surface area (TPSA) is 98.7 Å². The van der Waals surface area contributed by atoms with Crippen LogP contribution in [0.3, 0.4) is 0 Å². The van der Waals surface area contributed by atoms with Gasteiger partial charge in [-0.1, -0.05) is 25.5 Å². The third kappa shape index (κ3) is 7.53. The fourth-order valence-corrected chi connectivity index (χ4v) is 6.56. The van der Waals surface area contributed by atoms with Gasteiger partial charge in [-0.15, -0.1) is 11.3 Å². The van der Waals surface area contributed by atoms with Gasteiger partial charge in [0.2, 0.25) is 10.0 Å². The van der Waals surface area contributed by atoms with E-state index in [0.29, 0.717) is 60.7 Å². The fraction of sp³-hybridized carbons (Fsp3) is 0.500. The highest BCUT2D eigenvalue weighted by Crippen LogP contribution is 2.34. The summed E-state index contributed by atoms with van der Waals surface area (Å²) in [5, 5.41) is 11.4. The van der Waals surface area contributed by atoms with Crippen molar-refractivity contribution in [1.82, 2.24) is 14.9 Å². The van der Waals surface area contributed by atoms with Gasteiger partial charge in [0, 0.05) is 43.2 Å². The van der Waals surface area contributed by atoms with Gasteiger partial charge < -0.3 is 10.0 Å². The zero-order valence-corrected chi connectivity index (χ0v) is 22.0. The number of benzene rings is 1. The maximum absolute atomic E-state index is 12.8. The molecule has 0 spiro atoms. The Kier molecular flexibility index (Phi) is 8.56. The SMILES string of the molecule is CCCCS(=O)(=O)Nc1ccc(CC(O)N2CCN(c3ncnc4sc(CC(F)(F)F)cc34)CC2)cc1. The van der Waals surface area contributed by atoms with Crippen molar-refractivity contribution in [2.75, 3.05) is 41.6 Å². The number of hydrogen-bond acceptors (Lipinski definition) is 8. The molecule has 1 aliphatic heterocycles. The molecule has 2 N–H and O–H groups in total. The average molecular weight is 558 g/mol. The Morgan fingerprint density at radius 2 is 1.84 bits per heavy atom. The normalized spacial score (nSPS) is 16.3. The van der Waals surface area contributed by atoms with Gasteiger partial charge in [-0.3, -0.25) is 9.62 Å². The third-order valence-corrected chi connectivity index (χ3v) is 8.60. The number of sulfonamides is 1. The minimum atomic E-state index is -4.28. The van der Waals surface area contributed by atoms with Gasteiger partial charge in [0.25, 0.3) is 0 Å². The van der Waals surface area contributed by atoms with Gasteiger partial charge in [0.1, 0.15) is 23.2 Å². The van der Waals surface area contributed by atoms with E-state index < -0.39 is 28.8 Å². The largest absolute Gasteiger partial charge is 0.393 e. The van der Waals surface area contributed by atoms with Crippen LogP contribution >= 0.6 is 11.3 Å². The number of halogens is 3. The highest BCUT2D eigenvalue weighted by Gasteiger charge is 2.30. The molecule has 1 atom stereocenters. The predicted molar refractivity (Wildman–Crippen MR) is 139 cm³/mol. The standard InChI is InChI=1S/C24H30F3N5O3S2/c1-2-3-12-37(34,35)30-18-6-4-17(5-7-18)13-21(33)31-8-10-32(11-9-31)22-20-14-19(15-24(25,26)27)36-23(20)29-16-28-22/h4-7,14,16,21,30,33H,2-3,8-13,15H2,1H3. The zero-order chi connectivity index (χ0) is 26.6. The number of nitrogens with one attached hydrogen (secondary N) is 1. The van der Waals surface area contributed by atoms with Crippen molar-refractivity contribution in [3.63, 3.8) is 0 Å². The van der Waals surface area contributed by atoms with Crippen molar-refractivity contribution in [3.8, 4) is 0 Å². The first-order chi connectivity index (χ1) is 17.5. The van der Waals surface area contributed by atoms with Crippen LogP contribution in [0.1, 0.15) is 30.2 Å². The number of hydrogen-bond donors (Lipinski definition) is 2. The number of thiophene rings is 1. The minimum Gasteiger partial charge on any atom is -0.378 e. The van der Waals surface area contributed by atoms with Crippen molar-refractivity contribution in [2.45, 2.75) is 45.0 Å². The molecule has 4 rings (SSSR count). The van der Waals surface area contributed by atoms with Crippen LogP contribution in [0.4, 0.5) is 24.7 Å². The molecule has 0 radical (unpaired) electrons. The predicted octanol–water partition coefficient (Wildman–Crippen LogP) is 4.02. The highest BCUT2D eigenvalue weighted by molar-refractivity contribution is 7.92. The molecule has 2 aromatic heterocycles. The number of aliphatic hydroxyl groups is 1. The molecule has 1 fully saturated rings. The summed E-state index contributed by atoms with van der Waals surface area (Å²) in [4.78, 5) is 13.2. The number of nitrogens with zero attached hydrogens (tertiary/aromatic N) is 4. The smallest absolute Gasteiger partial charge is 0.378 e. The lowest BCUT2D eigenvalue weighted by atomic mass is 10.1. The van der Waals surface area contributed by atoms with Crippen LogP contribution in [0.5, 0.6) is 0 Å². The number of rotatable bonds is 10. The fourth-order valence-electron chi connectivity index (χ4n) is 4.28. The Hall–Kier alpha value is -2.48. The lowest BCUT2D eigenvalue weighted by Gasteiger charge is -2.38. The lowest BCUT2D eigenvalue weighted by molar-refractivity contribution is -0.126. The van der Waals surface area contributed by atoms with Gasteiger partial charge >= 0.3 is 6.18 Å². The Morgan fingerprint density at radius 1 is 1.14 bits per heavy atom. The molecular weight excluding hydrogens is 527 g/mol. The van der Waals surface area contributed by atoms with E-state index in [2.05, 4.69) is 14.7 Å². The maximum Gasteiger partial charge on any atom is 0.393 e. The van der Waals surface area contributed by atoms with Crippen LogP contribution in [0, 0.1) is 0 Å². The van der Waals surface area contributed by atoms with Crippen LogP contribution in [0.25, 0.3) is 10.2 Å². The van der Waals surface area contributed by atoms with Crippen LogP contribution in [0.2, 0.25) is 0 Å². The van der Waals surface area contributed by atoms with E-state index in [0.717, 1.165) is 23.3 Å². The molecule has 0 saturated carbocycles. The van der Waals surface area contributed by atoms with Gasteiger partial charge in [-0.25, -0.2) is 18.4 Å². The van der Waals surface area contributed by atoms with Crippen LogP contribution in [0.15, 0.2) is 36.7 Å². The molecule has 1 aliphatic rings. The Bertz CT molecular complexity index is 1290. The van der Waals surface area contributed by atoms with E-state index in [4.69, 9.17) is 0 Å². The summed E-state index contributed by atoms with van der Waals surface area (Å²) in [5.74, 6) is 0.693. The number of aromatic nitrogens is 2. The summed E-state index contributed by atoms with van der Waals surface area (Å²) in [7, 11) is -3.37. The summed E-state index contributed by atoms with van der Waals surface area (Å²) >= 11 is 1.03. The number of fused-ring (bicyclic) bond motifs is 1. The summed E-state index contributed by atoms with van der Waals surface area (Å²) in [6.45, 7) is 4.17. The molecule has 0 bridgehead atoms. The molecule has 8 nitrogen and oxygen atoms in total. The quantitative estimate of drug-likeness (QED) is 0.389. The number of aliphatic hydroxyl groups excluding tert-OH is 1. The Morgan fingerprint density at radius 3 is 2.49 bits per heavy atom. The van der Waals surface area contributed by atoms with Crippen LogP contribution in [-0.2, 0) is 22.9 Å². The van der Waals surface area contributed by atoms with Crippen molar-refractivity contribution in [3.05, 3.63) is 47.1 Å². The third-order valence-electron chi connectivity index (χ3n) is 6.18. The van der Waals surface area contributed by atoms with E-state index in [-0.39, 0.29) is 10.6 Å². The molecule has 3 heterocycles. The average Bonchev–Trinajstić information content (AvgIpc) is 3.25. The van der Waals surface area contributed by atoms with Gasteiger partial charge in [-0.2, -0.15) is 13.2 Å². The molecule has 1 unspecified atom stereocenters. The number of unbranched alkanes of at least 4 members (excludes halogenated alkanes) is 1. The molecule has 0 amide bonds. The monoisotopic (exact) mass is 557 g/mol. The number of anilines is 2. The van der Waals surface area contributed by atoms with Gasteiger partial charge in [-0.05, 0) is 30.2 Å². The first-order valence-corrected chi connectivity index (χ1v) is 14.6. The minimum absolute atomic E-state index is 0.0810. The summed E-state index contributed by atoms with van der Waals surface area (Å²) in [6, 6.07) is 8.50. The summed E-state index contributed by atoms with van der Waals surface area (Å²) < 4.78 is 65.2. The molecule has 1 aromatic carbocycles. The number of alkyl halides is 3. The summed E-state index contributed by atoms with van der Waals surface area (Å²) in [5.41, 5.74) is 1.37. The Labute approximate surface area is 218 Å². The van der Waals surface area contributed by atoms with E-state index in [1.165, 1.54) is 12.4 Å². The lowest BCUT2D eigenvalue weighted by Crippen LogP contribution is -2.51. The molecule has 37 heavy (non-hydrogen) atoms. The van der Waals surface area contributed by atoms with Gasteiger partial charge in [0.15, 0.2) is 0 Å². The maximum atomic E-state index is 12.8. The van der Waals surface area contributed by atoms with E-state index in [1.807, 2.05) is 16.7 Å². The highest BCUT2D eigenvalue weighted by atomic mass is 32.2. The molecule has 0 aliphatic carbocycles. The molecule has 202 valence electrons. The first-order valence-electron chi connectivity index (χ1n) is 12.1. The van der Waals surface area contributed by atoms with E-state index >= 15 is 0 Å². The van der Waals surface area contributed by atoms with Crippen LogP contribution in [-0.4, -0.2) is 72.7 Å². The summed E-state index contributed by atoms with van der Waals surface area (Å²) in [6.07, 6.45) is -2.84. The van der Waals surface area contributed by atoms with Crippen molar-refractivity contribution < 1.29 is 26.7 Å².